The number of hydrogen-bond donors (Lipinski definition) is 0. The lowest BCUT2D eigenvalue weighted by Crippen LogP contribution is -2.68. The normalized spacial score (nSPS) is 14.5. The van der Waals surface area contributed by atoms with Gasteiger partial charge in [-0.05, 0) is 35.8 Å². The average Bonchev–Trinajstić information content (AvgIpc) is 3.03. The SMILES string of the molecule is CC1=CC(C)=C([Si](c2ccccc2)(c2ccccc2)c2ccccc2)C1. The van der Waals surface area contributed by atoms with E-state index in [4.69, 9.17) is 0 Å². The minimum atomic E-state index is -2.27. The highest BCUT2D eigenvalue weighted by Crippen LogP contribution is 2.32. The Morgan fingerprint density at radius 2 is 0.962 bits per heavy atom. The molecule has 1 heteroatoms. The first kappa shape index (κ1) is 16.8. The molecular weight excluding hydrogens is 328 g/mol. The molecule has 0 spiro atoms. The summed E-state index contributed by atoms with van der Waals surface area (Å²) in [5.41, 5.74) is 2.92. The van der Waals surface area contributed by atoms with E-state index in [0.717, 1.165) is 6.42 Å². The van der Waals surface area contributed by atoms with E-state index in [-0.39, 0.29) is 0 Å². The van der Waals surface area contributed by atoms with E-state index in [9.17, 15) is 0 Å². The standard InChI is InChI=1S/C25H24Si/c1-20-18-21(2)25(19-20)26(22-12-6-3-7-13-22,23-14-8-4-9-15-23)24-16-10-5-11-17-24/h3-18H,19H2,1-2H3. The van der Waals surface area contributed by atoms with Gasteiger partial charge in [0.25, 0.3) is 0 Å². The molecule has 1 aliphatic carbocycles. The molecule has 0 fully saturated rings. The van der Waals surface area contributed by atoms with Crippen LogP contribution in [0.3, 0.4) is 0 Å². The Labute approximate surface area is 157 Å². The predicted octanol–water partition coefficient (Wildman–Crippen LogP) is 4.36. The van der Waals surface area contributed by atoms with Crippen LogP contribution in [0.25, 0.3) is 0 Å². The minimum absolute atomic E-state index is 1.08. The van der Waals surface area contributed by atoms with Crippen molar-refractivity contribution in [1.29, 1.82) is 0 Å². The lowest BCUT2D eigenvalue weighted by molar-refractivity contribution is 1.21. The highest BCUT2D eigenvalue weighted by molar-refractivity contribution is 7.16. The first-order chi connectivity index (χ1) is 12.7. The van der Waals surface area contributed by atoms with Crippen LogP contribution < -0.4 is 15.6 Å². The molecule has 0 aromatic heterocycles. The van der Waals surface area contributed by atoms with Gasteiger partial charge in [0.2, 0.25) is 0 Å². The Balaban J connectivity index is 2.10. The van der Waals surface area contributed by atoms with Crippen molar-refractivity contribution >= 4 is 23.6 Å². The summed E-state index contributed by atoms with van der Waals surface area (Å²) in [6, 6.07) is 33.5. The van der Waals surface area contributed by atoms with Gasteiger partial charge in [0.15, 0.2) is 8.07 Å². The van der Waals surface area contributed by atoms with Gasteiger partial charge in [-0.1, -0.05) is 113 Å². The monoisotopic (exact) mass is 352 g/mol. The van der Waals surface area contributed by atoms with Crippen molar-refractivity contribution in [2.75, 3.05) is 0 Å². The van der Waals surface area contributed by atoms with Crippen molar-refractivity contribution in [3.05, 3.63) is 113 Å². The van der Waals surface area contributed by atoms with Crippen molar-refractivity contribution in [2.45, 2.75) is 20.3 Å². The third-order valence-corrected chi connectivity index (χ3v) is 10.5. The van der Waals surface area contributed by atoms with Gasteiger partial charge in [0.05, 0.1) is 0 Å². The third kappa shape index (κ3) is 2.69. The number of benzene rings is 3. The van der Waals surface area contributed by atoms with E-state index in [2.05, 4.69) is 111 Å². The molecule has 0 saturated heterocycles. The molecule has 4 rings (SSSR count). The third-order valence-electron chi connectivity index (χ3n) is 5.47. The van der Waals surface area contributed by atoms with E-state index in [1.807, 2.05) is 0 Å². The van der Waals surface area contributed by atoms with Gasteiger partial charge in [0.1, 0.15) is 0 Å². The summed E-state index contributed by atoms with van der Waals surface area (Å²) in [4.78, 5) is 0. The van der Waals surface area contributed by atoms with E-state index in [1.54, 1.807) is 5.20 Å². The maximum Gasteiger partial charge on any atom is 0.176 e. The second-order valence-corrected chi connectivity index (χ2v) is 11.0. The molecule has 128 valence electrons. The molecule has 0 atom stereocenters. The van der Waals surface area contributed by atoms with Gasteiger partial charge >= 0.3 is 0 Å². The first-order valence-corrected chi connectivity index (χ1v) is 11.3. The fraction of sp³-hybridized carbons (Fsp3) is 0.120. The van der Waals surface area contributed by atoms with Crippen LogP contribution in [0.15, 0.2) is 113 Å². The van der Waals surface area contributed by atoms with E-state index < -0.39 is 8.07 Å². The van der Waals surface area contributed by atoms with Crippen LogP contribution in [0.2, 0.25) is 0 Å². The van der Waals surface area contributed by atoms with Crippen molar-refractivity contribution in [3.63, 3.8) is 0 Å². The molecule has 0 radical (unpaired) electrons. The lowest BCUT2D eigenvalue weighted by Gasteiger charge is -2.36. The molecule has 0 amide bonds. The maximum atomic E-state index is 2.38. The Hall–Kier alpha value is -2.64. The van der Waals surface area contributed by atoms with Crippen molar-refractivity contribution < 1.29 is 0 Å². The highest BCUT2D eigenvalue weighted by atomic mass is 28.3. The summed E-state index contributed by atoms with van der Waals surface area (Å²) in [6.45, 7) is 4.55. The van der Waals surface area contributed by atoms with Crippen LogP contribution in [0.5, 0.6) is 0 Å². The lowest BCUT2D eigenvalue weighted by atomic mass is 10.3. The molecule has 0 bridgehead atoms. The van der Waals surface area contributed by atoms with Crippen LogP contribution in [-0.4, -0.2) is 8.07 Å². The van der Waals surface area contributed by atoms with Crippen LogP contribution in [0, 0.1) is 0 Å². The summed E-state index contributed by atoms with van der Waals surface area (Å²) in [7, 11) is -2.27. The highest BCUT2D eigenvalue weighted by Gasteiger charge is 2.44. The van der Waals surface area contributed by atoms with Crippen molar-refractivity contribution in [2.24, 2.45) is 0 Å². The second-order valence-electron chi connectivity index (χ2n) is 7.18. The van der Waals surface area contributed by atoms with Crippen molar-refractivity contribution in [1.82, 2.24) is 0 Å². The number of rotatable bonds is 4. The Morgan fingerprint density at radius 3 is 1.27 bits per heavy atom. The van der Waals surface area contributed by atoms with E-state index >= 15 is 0 Å². The molecule has 0 unspecified atom stereocenters. The molecule has 0 N–H and O–H groups in total. The fourth-order valence-corrected chi connectivity index (χ4v) is 9.77. The minimum Gasteiger partial charge on any atom is -0.0694 e. The Bertz CT molecular complexity index is 854. The van der Waals surface area contributed by atoms with Gasteiger partial charge in [0, 0.05) is 0 Å². The van der Waals surface area contributed by atoms with Gasteiger partial charge < -0.3 is 0 Å². The zero-order valence-corrected chi connectivity index (χ0v) is 16.4. The molecule has 26 heavy (non-hydrogen) atoms. The van der Waals surface area contributed by atoms with Crippen LogP contribution >= 0.6 is 0 Å². The summed E-state index contributed by atoms with van der Waals surface area (Å²) >= 11 is 0. The maximum absolute atomic E-state index is 2.38. The number of hydrogen-bond acceptors (Lipinski definition) is 0. The molecule has 0 nitrogen and oxygen atoms in total. The van der Waals surface area contributed by atoms with Gasteiger partial charge in [-0.3, -0.25) is 0 Å². The van der Waals surface area contributed by atoms with Gasteiger partial charge in [-0.15, -0.1) is 0 Å². The zero-order valence-electron chi connectivity index (χ0n) is 15.4. The molecule has 3 aromatic rings. The first-order valence-electron chi connectivity index (χ1n) is 9.27. The Kier molecular flexibility index (Phi) is 4.48. The van der Waals surface area contributed by atoms with Gasteiger partial charge in [-0.25, -0.2) is 0 Å². The summed E-state index contributed by atoms with van der Waals surface area (Å²) in [6.07, 6.45) is 3.46. The molecule has 1 aliphatic rings. The predicted molar refractivity (Wildman–Crippen MR) is 115 cm³/mol. The van der Waals surface area contributed by atoms with E-state index in [1.165, 1.54) is 26.7 Å². The van der Waals surface area contributed by atoms with Crippen molar-refractivity contribution in [3.8, 4) is 0 Å². The smallest absolute Gasteiger partial charge is 0.0694 e. The molecule has 0 heterocycles. The summed E-state index contributed by atoms with van der Waals surface area (Å²) in [5, 5.41) is 6.03. The van der Waals surface area contributed by atoms with Gasteiger partial charge in [-0.2, -0.15) is 0 Å². The largest absolute Gasteiger partial charge is 0.176 e. The zero-order chi connectivity index (χ0) is 18.0. The summed E-state index contributed by atoms with van der Waals surface area (Å²) < 4.78 is 0. The van der Waals surface area contributed by atoms with Crippen LogP contribution in [-0.2, 0) is 0 Å². The van der Waals surface area contributed by atoms with Crippen LogP contribution in [0.4, 0.5) is 0 Å². The Morgan fingerprint density at radius 1 is 0.577 bits per heavy atom. The number of allylic oxidation sites excluding steroid dienone is 4. The molecular formula is C25H24Si. The quantitative estimate of drug-likeness (QED) is 0.483. The molecule has 3 aromatic carbocycles. The van der Waals surface area contributed by atoms with E-state index in [0.29, 0.717) is 0 Å². The molecule has 0 saturated carbocycles. The average molecular weight is 353 g/mol. The topological polar surface area (TPSA) is 0 Å². The summed E-state index contributed by atoms with van der Waals surface area (Å²) in [5.74, 6) is 0. The second kappa shape index (κ2) is 6.93. The fourth-order valence-electron chi connectivity index (χ4n) is 4.44. The molecule has 0 aliphatic heterocycles. The van der Waals surface area contributed by atoms with Crippen LogP contribution in [0.1, 0.15) is 20.3 Å².